The summed E-state index contributed by atoms with van der Waals surface area (Å²) in [5.41, 5.74) is 1.56. The minimum atomic E-state index is -2.37. The van der Waals surface area contributed by atoms with Gasteiger partial charge >= 0.3 is 0 Å². The van der Waals surface area contributed by atoms with E-state index in [2.05, 4.69) is 46.6 Å². The third-order valence-electron chi connectivity index (χ3n) is 5.67. The molecule has 114 valence electrons. The molecule has 0 aliphatic carbocycles. The second-order valence-electron chi connectivity index (χ2n) is 6.87. The van der Waals surface area contributed by atoms with Gasteiger partial charge in [-0.1, -0.05) is 37.3 Å². The van der Waals surface area contributed by atoms with Gasteiger partial charge < -0.3 is 0 Å². The molecule has 4 rings (SSSR count). The molecule has 1 aromatic rings. The SMILES string of the molecule is CC(Cc1ccccc1)P1(=O)N2CCCC2C2CCCN21. The molecule has 1 aromatic carbocycles. The Morgan fingerprint density at radius 2 is 1.67 bits per heavy atom. The first kappa shape index (κ1) is 14.0. The van der Waals surface area contributed by atoms with Crippen molar-refractivity contribution in [2.75, 3.05) is 13.1 Å². The predicted molar refractivity (Wildman–Crippen MR) is 86.7 cm³/mol. The van der Waals surface area contributed by atoms with Gasteiger partial charge in [-0.2, -0.15) is 0 Å². The van der Waals surface area contributed by atoms with Crippen molar-refractivity contribution in [2.24, 2.45) is 0 Å². The monoisotopic (exact) mass is 304 g/mol. The minimum absolute atomic E-state index is 0.239. The Morgan fingerprint density at radius 1 is 1.10 bits per heavy atom. The van der Waals surface area contributed by atoms with E-state index in [1.165, 1.54) is 31.2 Å². The number of nitrogens with zero attached hydrogens (tertiary/aromatic N) is 2. The summed E-state index contributed by atoms with van der Waals surface area (Å²) in [5.74, 6) is 0. The van der Waals surface area contributed by atoms with Crippen LogP contribution in [0.1, 0.15) is 38.2 Å². The summed E-state index contributed by atoms with van der Waals surface area (Å²) in [4.78, 5) is 0. The van der Waals surface area contributed by atoms with E-state index in [0.29, 0.717) is 12.1 Å². The molecule has 3 atom stereocenters. The Kier molecular flexibility index (Phi) is 3.48. The maximum Gasteiger partial charge on any atom is 0.220 e. The zero-order chi connectivity index (χ0) is 14.4. The molecule has 0 N–H and O–H groups in total. The molecule has 0 bridgehead atoms. The zero-order valence-electron chi connectivity index (χ0n) is 12.8. The summed E-state index contributed by atoms with van der Waals surface area (Å²) < 4.78 is 18.8. The molecule has 0 aromatic heterocycles. The largest absolute Gasteiger partial charge is 0.288 e. The van der Waals surface area contributed by atoms with Crippen molar-refractivity contribution in [3.8, 4) is 0 Å². The Balaban J connectivity index is 1.63. The van der Waals surface area contributed by atoms with Crippen LogP contribution < -0.4 is 0 Å². The molecule has 0 amide bonds. The van der Waals surface area contributed by atoms with Crippen molar-refractivity contribution < 1.29 is 4.57 Å². The Labute approximate surface area is 127 Å². The number of hydrogen-bond acceptors (Lipinski definition) is 1. The fraction of sp³-hybridized carbons (Fsp3) is 0.647. The lowest BCUT2D eigenvalue weighted by atomic mass is 10.1. The number of hydrogen-bond donors (Lipinski definition) is 0. The van der Waals surface area contributed by atoms with Crippen molar-refractivity contribution in [1.82, 2.24) is 9.34 Å². The van der Waals surface area contributed by atoms with Crippen LogP contribution in [-0.4, -0.2) is 40.2 Å². The second kappa shape index (κ2) is 5.22. The molecular weight excluding hydrogens is 279 g/mol. The molecule has 3 saturated heterocycles. The first-order valence-electron chi connectivity index (χ1n) is 8.39. The van der Waals surface area contributed by atoms with Crippen molar-refractivity contribution in [3.63, 3.8) is 0 Å². The van der Waals surface area contributed by atoms with E-state index >= 15 is 0 Å². The van der Waals surface area contributed by atoms with E-state index < -0.39 is 7.44 Å². The van der Waals surface area contributed by atoms with Gasteiger partial charge in [-0.3, -0.25) is 4.57 Å². The first-order chi connectivity index (χ1) is 10.2. The highest BCUT2D eigenvalue weighted by molar-refractivity contribution is 7.60. The molecule has 3 aliphatic heterocycles. The fourth-order valence-electron chi connectivity index (χ4n) is 4.78. The van der Waals surface area contributed by atoms with Crippen molar-refractivity contribution in [3.05, 3.63) is 35.9 Å². The maximum atomic E-state index is 14.0. The number of fused-ring (bicyclic) bond motifs is 3. The smallest absolute Gasteiger partial charge is 0.220 e. The molecule has 0 radical (unpaired) electrons. The van der Waals surface area contributed by atoms with Gasteiger partial charge in [-0.05, 0) is 37.7 Å². The number of benzene rings is 1. The van der Waals surface area contributed by atoms with Crippen LogP contribution in [0.2, 0.25) is 0 Å². The standard InChI is InChI=1S/C17H25N2OP/c1-14(13-15-7-3-2-4-8-15)21(20)18-11-5-9-16(18)17-10-6-12-19(17)21/h2-4,7-8,14,16-17H,5-6,9-13H2,1H3. The van der Waals surface area contributed by atoms with Crippen LogP contribution in [0.3, 0.4) is 0 Å². The highest BCUT2D eigenvalue weighted by Crippen LogP contribution is 2.68. The van der Waals surface area contributed by atoms with E-state index in [-0.39, 0.29) is 5.66 Å². The van der Waals surface area contributed by atoms with Crippen LogP contribution in [-0.2, 0) is 11.0 Å². The normalized spacial score (nSPS) is 37.6. The fourth-order valence-corrected chi connectivity index (χ4v) is 8.78. The van der Waals surface area contributed by atoms with Crippen LogP contribution in [0.5, 0.6) is 0 Å². The Hall–Kier alpha value is -0.630. The third kappa shape index (κ3) is 2.05. The Bertz CT molecular complexity index is 537. The Morgan fingerprint density at radius 3 is 2.24 bits per heavy atom. The molecule has 3 nitrogen and oxygen atoms in total. The predicted octanol–water partition coefficient (Wildman–Crippen LogP) is 3.75. The van der Waals surface area contributed by atoms with Crippen LogP contribution in [0.15, 0.2) is 30.3 Å². The lowest BCUT2D eigenvalue weighted by molar-refractivity contribution is 0.341. The van der Waals surface area contributed by atoms with Gasteiger partial charge in [-0.25, -0.2) is 9.34 Å². The molecule has 3 aliphatic rings. The van der Waals surface area contributed by atoms with E-state index in [1.807, 2.05) is 0 Å². The topological polar surface area (TPSA) is 23.6 Å². The van der Waals surface area contributed by atoms with E-state index in [0.717, 1.165) is 19.5 Å². The number of rotatable bonds is 3. The van der Waals surface area contributed by atoms with Crippen LogP contribution in [0.4, 0.5) is 0 Å². The zero-order valence-corrected chi connectivity index (χ0v) is 13.7. The first-order valence-corrected chi connectivity index (χ1v) is 10.1. The molecule has 0 saturated carbocycles. The quantitative estimate of drug-likeness (QED) is 0.795. The van der Waals surface area contributed by atoms with Gasteiger partial charge in [0.2, 0.25) is 7.44 Å². The van der Waals surface area contributed by atoms with Gasteiger partial charge in [-0.15, -0.1) is 0 Å². The average Bonchev–Trinajstić information content (AvgIpc) is 3.18. The van der Waals surface area contributed by atoms with Gasteiger partial charge in [0.05, 0.1) is 0 Å². The molecular formula is C17H25N2OP. The van der Waals surface area contributed by atoms with Gasteiger partial charge in [0.1, 0.15) is 0 Å². The van der Waals surface area contributed by atoms with Crippen molar-refractivity contribution >= 4 is 7.44 Å². The van der Waals surface area contributed by atoms with Gasteiger partial charge in [0.25, 0.3) is 0 Å². The average molecular weight is 304 g/mol. The summed E-state index contributed by atoms with van der Waals surface area (Å²) in [6.45, 7) is 4.31. The molecule has 3 unspecified atom stereocenters. The maximum absolute atomic E-state index is 14.0. The van der Waals surface area contributed by atoms with E-state index in [9.17, 15) is 4.57 Å². The highest BCUT2D eigenvalue weighted by atomic mass is 31.2. The lowest BCUT2D eigenvalue weighted by Crippen LogP contribution is -2.29. The molecule has 21 heavy (non-hydrogen) atoms. The summed E-state index contributed by atoms with van der Waals surface area (Å²) in [5, 5.41) is 0. The lowest BCUT2D eigenvalue weighted by Gasteiger charge is -2.33. The summed E-state index contributed by atoms with van der Waals surface area (Å²) in [6.07, 6.45) is 5.91. The van der Waals surface area contributed by atoms with Crippen LogP contribution >= 0.6 is 7.44 Å². The summed E-state index contributed by atoms with van der Waals surface area (Å²) in [7, 11) is -2.37. The van der Waals surface area contributed by atoms with Crippen LogP contribution in [0.25, 0.3) is 0 Å². The van der Waals surface area contributed by atoms with E-state index in [1.54, 1.807) is 0 Å². The van der Waals surface area contributed by atoms with Gasteiger partial charge in [0, 0.05) is 30.8 Å². The second-order valence-corrected chi connectivity index (χ2v) is 9.96. The van der Waals surface area contributed by atoms with Gasteiger partial charge in [0.15, 0.2) is 0 Å². The summed E-state index contributed by atoms with van der Waals surface area (Å²) in [6, 6.07) is 11.7. The third-order valence-corrected chi connectivity index (χ3v) is 9.46. The minimum Gasteiger partial charge on any atom is -0.288 e. The molecule has 4 heteroatoms. The molecule has 0 spiro atoms. The van der Waals surface area contributed by atoms with E-state index in [4.69, 9.17) is 0 Å². The highest BCUT2D eigenvalue weighted by Gasteiger charge is 2.59. The van der Waals surface area contributed by atoms with Crippen molar-refractivity contribution in [2.45, 2.75) is 56.8 Å². The molecule has 3 heterocycles. The molecule has 3 fully saturated rings. The van der Waals surface area contributed by atoms with Crippen molar-refractivity contribution in [1.29, 1.82) is 0 Å². The van der Waals surface area contributed by atoms with Crippen LogP contribution in [0, 0.1) is 0 Å². The summed E-state index contributed by atoms with van der Waals surface area (Å²) >= 11 is 0.